The fourth-order valence-electron chi connectivity index (χ4n) is 3.34. The van der Waals surface area contributed by atoms with E-state index in [-0.39, 0.29) is 5.92 Å². The predicted octanol–water partition coefficient (Wildman–Crippen LogP) is 0.00840. The number of hydrazone groups is 1. The van der Waals surface area contributed by atoms with Crippen LogP contribution in [0.1, 0.15) is 30.0 Å². The number of carboxylic acids is 1. The number of piperidine rings is 1. The van der Waals surface area contributed by atoms with E-state index in [4.69, 9.17) is 15.8 Å². The molecule has 2 unspecified atom stereocenters. The van der Waals surface area contributed by atoms with E-state index in [0.29, 0.717) is 24.4 Å². The van der Waals surface area contributed by atoms with E-state index >= 15 is 0 Å². The maximum atomic E-state index is 11.1. The number of aliphatic carboxylic acids is 1. The third kappa shape index (κ3) is 2.84. The first-order valence-electron chi connectivity index (χ1n) is 8.37. The maximum Gasteiger partial charge on any atom is 0.320 e. The van der Waals surface area contributed by atoms with Crippen LogP contribution in [0, 0.1) is 0 Å². The zero-order chi connectivity index (χ0) is 18.3. The summed E-state index contributed by atoms with van der Waals surface area (Å²) in [5, 5.41) is 22.3. The average molecular weight is 356 g/mol. The molecule has 0 radical (unpaired) electrons. The molecule has 0 aromatic carbocycles. The van der Waals surface area contributed by atoms with Crippen LogP contribution in [0.2, 0.25) is 0 Å². The van der Waals surface area contributed by atoms with Crippen LogP contribution in [0.4, 0.5) is 5.82 Å². The number of aromatic nitrogens is 3. The predicted molar refractivity (Wildman–Crippen MR) is 96.2 cm³/mol. The van der Waals surface area contributed by atoms with E-state index in [9.17, 15) is 4.79 Å². The maximum absolute atomic E-state index is 11.1. The van der Waals surface area contributed by atoms with Crippen LogP contribution in [-0.4, -0.2) is 56.5 Å². The number of nitrogens with one attached hydrogen (secondary N) is 2. The summed E-state index contributed by atoms with van der Waals surface area (Å²) in [6.45, 7) is 0.555. The van der Waals surface area contributed by atoms with Gasteiger partial charge >= 0.3 is 5.97 Å². The van der Waals surface area contributed by atoms with Crippen LogP contribution in [0.25, 0.3) is 11.2 Å². The number of nitrogens with zero attached hydrogens (tertiary/aromatic N) is 5. The van der Waals surface area contributed by atoms with Gasteiger partial charge in [0.2, 0.25) is 0 Å². The summed E-state index contributed by atoms with van der Waals surface area (Å²) in [7, 11) is 1.85. The largest absolute Gasteiger partial charge is 0.480 e. The van der Waals surface area contributed by atoms with E-state index in [1.54, 1.807) is 21.9 Å². The molecule has 136 valence electrons. The first kappa shape index (κ1) is 16.3. The van der Waals surface area contributed by atoms with Crippen LogP contribution in [0.3, 0.4) is 0 Å². The van der Waals surface area contributed by atoms with Crippen LogP contribution in [0.15, 0.2) is 23.6 Å². The van der Waals surface area contributed by atoms with Gasteiger partial charge in [0.1, 0.15) is 11.9 Å². The fourth-order valence-corrected chi connectivity index (χ4v) is 3.34. The van der Waals surface area contributed by atoms with Gasteiger partial charge in [0, 0.05) is 42.9 Å². The number of carbonyl (C=O) groups is 1. The first-order chi connectivity index (χ1) is 12.5. The number of allylic oxidation sites excluding steroid dienone is 1. The molecule has 1 fully saturated rings. The molecule has 5 N–H and O–H groups in total. The van der Waals surface area contributed by atoms with Crippen molar-refractivity contribution in [1.29, 1.82) is 0 Å². The minimum atomic E-state index is -0.814. The Kier molecular flexibility index (Phi) is 3.96. The SMILES string of the molecule is CN1C=C(c2cnn3c(N)cc(C4CCC(C(=O)O)NC4)nc23)C=NN1. The summed E-state index contributed by atoms with van der Waals surface area (Å²) in [6, 6.07) is 1.32. The van der Waals surface area contributed by atoms with Crippen molar-refractivity contribution in [3.05, 3.63) is 29.7 Å². The van der Waals surface area contributed by atoms with Crippen LogP contribution >= 0.6 is 0 Å². The Labute approximate surface area is 149 Å². The zero-order valence-corrected chi connectivity index (χ0v) is 14.3. The lowest BCUT2D eigenvalue weighted by Gasteiger charge is -2.27. The molecule has 10 heteroatoms. The van der Waals surface area contributed by atoms with E-state index in [1.165, 1.54) is 0 Å². The zero-order valence-electron chi connectivity index (χ0n) is 14.3. The highest BCUT2D eigenvalue weighted by molar-refractivity contribution is 6.12. The van der Waals surface area contributed by atoms with Gasteiger partial charge < -0.3 is 16.2 Å². The molecule has 4 heterocycles. The highest BCUT2D eigenvalue weighted by Gasteiger charge is 2.27. The normalized spacial score (nSPS) is 23.0. The molecule has 4 rings (SSSR count). The van der Waals surface area contributed by atoms with Gasteiger partial charge in [0.15, 0.2) is 5.65 Å². The molecule has 10 nitrogen and oxygen atoms in total. The number of carboxylic acid groups (broad SMARTS) is 1. The molecule has 26 heavy (non-hydrogen) atoms. The lowest BCUT2D eigenvalue weighted by Crippen LogP contribution is -2.43. The lowest BCUT2D eigenvalue weighted by molar-refractivity contribution is -0.140. The van der Waals surface area contributed by atoms with Crippen molar-refractivity contribution in [1.82, 2.24) is 30.5 Å². The van der Waals surface area contributed by atoms with E-state index in [0.717, 1.165) is 23.3 Å². The summed E-state index contributed by atoms with van der Waals surface area (Å²) in [5.41, 5.74) is 12.2. The highest BCUT2D eigenvalue weighted by atomic mass is 16.4. The molecule has 0 spiro atoms. The van der Waals surface area contributed by atoms with Gasteiger partial charge in [-0.05, 0) is 12.8 Å². The van der Waals surface area contributed by atoms with Crippen molar-refractivity contribution in [2.75, 3.05) is 19.3 Å². The summed E-state index contributed by atoms with van der Waals surface area (Å²) < 4.78 is 1.60. The Hall–Kier alpha value is -3.14. The molecule has 2 aromatic rings. The van der Waals surface area contributed by atoms with E-state index in [2.05, 4.69) is 21.1 Å². The van der Waals surface area contributed by atoms with Gasteiger partial charge in [-0.2, -0.15) is 14.7 Å². The van der Waals surface area contributed by atoms with E-state index < -0.39 is 12.0 Å². The summed E-state index contributed by atoms with van der Waals surface area (Å²) in [5.74, 6) is -0.207. The minimum absolute atomic E-state index is 0.110. The van der Waals surface area contributed by atoms with Crippen molar-refractivity contribution < 1.29 is 9.90 Å². The Morgan fingerprint density at radius 3 is 2.96 bits per heavy atom. The van der Waals surface area contributed by atoms with Gasteiger partial charge in [-0.15, -0.1) is 0 Å². The molecule has 0 bridgehead atoms. The summed E-state index contributed by atoms with van der Waals surface area (Å²) in [4.78, 5) is 15.9. The third-order valence-corrected chi connectivity index (χ3v) is 4.71. The Bertz CT molecular complexity index is 910. The number of rotatable bonds is 3. The van der Waals surface area contributed by atoms with Crippen molar-refractivity contribution in [2.45, 2.75) is 24.8 Å². The molecule has 2 atom stereocenters. The number of nitrogen functional groups attached to an aromatic ring is 1. The number of fused-ring (bicyclic) bond motifs is 1. The van der Waals surface area contributed by atoms with Crippen molar-refractivity contribution in [2.24, 2.45) is 5.10 Å². The second-order valence-corrected chi connectivity index (χ2v) is 6.53. The summed E-state index contributed by atoms with van der Waals surface area (Å²) >= 11 is 0. The number of anilines is 1. The van der Waals surface area contributed by atoms with Crippen molar-refractivity contribution in [3.8, 4) is 0 Å². The number of hydrogen-bond donors (Lipinski definition) is 4. The Morgan fingerprint density at radius 2 is 2.27 bits per heavy atom. The van der Waals surface area contributed by atoms with Gasteiger partial charge in [-0.25, -0.2) is 10.5 Å². The second-order valence-electron chi connectivity index (χ2n) is 6.53. The van der Waals surface area contributed by atoms with Crippen LogP contribution in [-0.2, 0) is 4.79 Å². The molecule has 1 saturated heterocycles. The first-order valence-corrected chi connectivity index (χ1v) is 8.37. The van der Waals surface area contributed by atoms with Crippen molar-refractivity contribution in [3.63, 3.8) is 0 Å². The monoisotopic (exact) mass is 356 g/mol. The molecular formula is C16H20N8O2. The summed E-state index contributed by atoms with van der Waals surface area (Å²) in [6.07, 6.45) is 6.63. The molecule has 0 amide bonds. The highest BCUT2D eigenvalue weighted by Crippen LogP contribution is 2.28. The van der Waals surface area contributed by atoms with Gasteiger partial charge in [0.25, 0.3) is 0 Å². The van der Waals surface area contributed by atoms with Gasteiger partial charge in [-0.3, -0.25) is 9.80 Å². The molecule has 2 aliphatic rings. The number of hydrogen-bond acceptors (Lipinski definition) is 8. The quantitative estimate of drug-likeness (QED) is 0.604. The lowest BCUT2D eigenvalue weighted by atomic mass is 9.92. The molecule has 0 aliphatic carbocycles. The minimum Gasteiger partial charge on any atom is -0.480 e. The van der Waals surface area contributed by atoms with Gasteiger partial charge in [-0.1, -0.05) is 0 Å². The standard InChI is InChI=1S/C16H20N8O2/c1-23-8-10(6-19-22-23)11-7-20-24-14(17)4-13(21-15(11)24)9-2-3-12(16(25)26)18-5-9/h4,6-9,12,18,22H,2-3,5,17H2,1H3,(H,25,26). The number of nitrogens with two attached hydrogens (primary N) is 1. The average Bonchev–Trinajstić information content (AvgIpc) is 3.06. The van der Waals surface area contributed by atoms with Gasteiger partial charge in [0.05, 0.1) is 18.1 Å². The molecule has 2 aromatic heterocycles. The van der Waals surface area contributed by atoms with Crippen molar-refractivity contribution >= 4 is 29.2 Å². The molecular weight excluding hydrogens is 336 g/mol. The third-order valence-electron chi connectivity index (χ3n) is 4.71. The van der Waals surface area contributed by atoms with Crippen LogP contribution in [0.5, 0.6) is 0 Å². The smallest absolute Gasteiger partial charge is 0.320 e. The topological polar surface area (TPSA) is 133 Å². The fraction of sp³-hybridized carbons (Fsp3) is 0.375. The Morgan fingerprint density at radius 1 is 1.42 bits per heavy atom. The molecule has 2 aliphatic heterocycles. The second kappa shape index (κ2) is 6.30. The Balaban J connectivity index is 1.69. The van der Waals surface area contributed by atoms with Crippen LogP contribution < -0.4 is 16.6 Å². The molecule has 0 saturated carbocycles. The van der Waals surface area contributed by atoms with E-state index in [1.807, 2.05) is 19.3 Å². The number of hydrazine groups is 1.